The standard InChI is InChI=1S/C67H108O12/c1-4-7-10-13-16-19-22-25-28-29-30-31-34-37-40-43-46-49-52-55-61(70)78-65-63(72)62(71)64(66(73)74)79-67(65)76-57-58(77-60(69)54-51-48-45-42-39-36-33-27-24-21-18-15-12-9-6-3)56-75-59(68)53-50-47-44-41-38-35-32-26-23-20-17-14-11-8-5-2/h7-8,10-11,16-17,19-20,25-26,28,30-32,37,40,46,49,58,62-65,67,71-72H,4-6,9,12-15,18,21-24,27,29,33-36,38-39,41-45,47-48,50-57H2,1-3H3,(H,73,74)/b10-7-,11-8-,19-16-,20-17-,28-25-,31-30-,32-26-,40-37-,49-46-. The maximum atomic E-state index is 13.2. The number of unbranched alkanes of at least 4 members (excludes halogenated alkanes) is 19. The largest absolute Gasteiger partial charge is 0.479 e. The molecule has 448 valence electrons. The molecule has 0 aromatic carbocycles. The molecular weight excluding hydrogens is 997 g/mol. The van der Waals surface area contributed by atoms with Gasteiger partial charge in [0.1, 0.15) is 18.8 Å². The van der Waals surface area contributed by atoms with Gasteiger partial charge in [-0.05, 0) is 89.9 Å². The Kier molecular flexibility index (Phi) is 49.5. The Balaban J connectivity index is 2.73. The lowest BCUT2D eigenvalue weighted by atomic mass is 9.98. The van der Waals surface area contributed by atoms with Crippen LogP contribution < -0.4 is 0 Å². The number of esters is 3. The van der Waals surface area contributed by atoms with Crippen LogP contribution in [-0.4, -0.2) is 89.2 Å². The van der Waals surface area contributed by atoms with Crippen molar-refractivity contribution in [3.05, 3.63) is 109 Å². The molecule has 0 radical (unpaired) electrons. The maximum absolute atomic E-state index is 13.2. The lowest BCUT2D eigenvalue weighted by Gasteiger charge is -2.40. The Morgan fingerprint density at radius 2 is 0.823 bits per heavy atom. The predicted octanol–water partition coefficient (Wildman–Crippen LogP) is 16.2. The minimum Gasteiger partial charge on any atom is -0.479 e. The molecule has 1 rings (SSSR count). The molecule has 0 saturated carbocycles. The first-order valence-electron chi connectivity index (χ1n) is 30.9. The summed E-state index contributed by atoms with van der Waals surface area (Å²) in [4.78, 5) is 51.2. The minimum absolute atomic E-state index is 0.0702. The number of aliphatic carboxylic acids is 1. The highest BCUT2D eigenvalue weighted by Crippen LogP contribution is 2.26. The molecule has 0 bridgehead atoms. The van der Waals surface area contributed by atoms with Crippen LogP contribution in [0.5, 0.6) is 0 Å². The van der Waals surface area contributed by atoms with Gasteiger partial charge in [-0.25, -0.2) is 4.79 Å². The maximum Gasteiger partial charge on any atom is 0.335 e. The summed E-state index contributed by atoms with van der Waals surface area (Å²) in [5.41, 5.74) is 0. The predicted molar refractivity (Wildman–Crippen MR) is 321 cm³/mol. The second-order valence-corrected chi connectivity index (χ2v) is 20.6. The minimum atomic E-state index is -1.93. The Morgan fingerprint density at radius 3 is 1.27 bits per heavy atom. The summed E-state index contributed by atoms with van der Waals surface area (Å²) >= 11 is 0. The zero-order valence-corrected chi connectivity index (χ0v) is 49.3. The van der Waals surface area contributed by atoms with Crippen molar-refractivity contribution < 1.29 is 58.2 Å². The van der Waals surface area contributed by atoms with Crippen molar-refractivity contribution in [3.63, 3.8) is 0 Å². The van der Waals surface area contributed by atoms with Crippen LogP contribution in [0.25, 0.3) is 0 Å². The van der Waals surface area contributed by atoms with Crippen molar-refractivity contribution >= 4 is 23.9 Å². The van der Waals surface area contributed by atoms with E-state index >= 15 is 0 Å². The first-order chi connectivity index (χ1) is 38.6. The lowest BCUT2D eigenvalue weighted by Crippen LogP contribution is -2.61. The monoisotopic (exact) mass is 1100 g/mol. The van der Waals surface area contributed by atoms with E-state index in [4.69, 9.17) is 23.7 Å². The second kappa shape index (κ2) is 54.0. The summed E-state index contributed by atoms with van der Waals surface area (Å²) in [7, 11) is 0. The van der Waals surface area contributed by atoms with Crippen LogP contribution in [0.1, 0.15) is 239 Å². The number of carbonyl (C=O) groups is 4. The Morgan fingerprint density at radius 1 is 0.430 bits per heavy atom. The first kappa shape index (κ1) is 72.4. The second-order valence-electron chi connectivity index (χ2n) is 20.6. The van der Waals surface area contributed by atoms with Crippen LogP contribution in [0.2, 0.25) is 0 Å². The number of hydrogen-bond donors (Lipinski definition) is 3. The van der Waals surface area contributed by atoms with E-state index in [1.807, 2.05) is 18.2 Å². The highest BCUT2D eigenvalue weighted by atomic mass is 16.7. The van der Waals surface area contributed by atoms with E-state index in [0.29, 0.717) is 25.7 Å². The van der Waals surface area contributed by atoms with Crippen molar-refractivity contribution in [2.45, 2.75) is 276 Å². The third-order valence-corrected chi connectivity index (χ3v) is 13.4. The Labute approximate surface area is 478 Å². The van der Waals surface area contributed by atoms with Gasteiger partial charge < -0.3 is 39.0 Å². The fourth-order valence-electron chi connectivity index (χ4n) is 8.70. The van der Waals surface area contributed by atoms with E-state index in [0.717, 1.165) is 103 Å². The number of allylic oxidation sites excluding steroid dienone is 18. The fraction of sp³-hybridized carbons (Fsp3) is 0.672. The highest BCUT2D eigenvalue weighted by Gasteiger charge is 2.50. The molecule has 1 fully saturated rings. The van der Waals surface area contributed by atoms with E-state index in [1.165, 1.54) is 70.6 Å². The average molecular weight is 1110 g/mol. The SMILES string of the molecule is CC/C=C\C/C=C\C/C=C\C/C=C\C/C=C\C/C=C\CCC(=O)OC1C(OCC(COC(=O)CCCCCCC/C=C\C/C=C\C/C=C\CC)OC(=O)CCCCCCCCCCCCCCCCC)OC(C(=O)O)C(O)C1O. The zero-order chi connectivity index (χ0) is 57.5. The number of rotatable bonds is 51. The molecule has 1 heterocycles. The van der Waals surface area contributed by atoms with Gasteiger partial charge in [-0.1, -0.05) is 239 Å². The highest BCUT2D eigenvalue weighted by molar-refractivity contribution is 5.74. The quantitative estimate of drug-likeness (QED) is 0.0228. The van der Waals surface area contributed by atoms with Gasteiger partial charge >= 0.3 is 23.9 Å². The van der Waals surface area contributed by atoms with Gasteiger partial charge in [0.25, 0.3) is 0 Å². The number of ether oxygens (including phenoxy) is 5. The molecule has 0 amide bonds. The molecule has 6 unspecified atom stereocenters. The summed E-state index contributed by atoms with van der Waals surface area (Å²) in [6, 6.07) is 0. The molecule has 1 saturated heterocycles. The van der Waals surface area contributed by atoms with Crippen molar-refractivity contribution in [2.24, 2.45) is 0 Å². The summed E-state index contributed by atoms with van der Waals surface area (Å²) in [5.74, 6) is -3.25. The molecule has 1 aliphatic heterocycles. The van der Waals surface area contributed by atoms with Gasteiger partial charge in [0.15, 0.2) is 24.6 Å². The third-order valence-electron chi connectivity index (χ3n) is 13.4. The third kappa shape index (κ3) is 43.8. The molecular formula is C67H108O12. The smallest absolute Gasteiger partial charge is 0.335 e. The Bertz CT molecular complexity index is 1790. The molecule has 3 N–H and O–H groups in total. The van der Waals surface area contributed by atoms with Gasteiger partial charge in [-0.15, -0.1) is 0 Å². The van der Waals surface area contributed by atoms with Gasteiger partial charge in [0.05, 0.1) is 6.61 Å². The van der Waals surface area contributed by atoms with E-state index < -0.39 is 67.3 Å². The molecule has 0 aromatic heterocycles. The van der Waals surface area contributed by atoms with Gasteiger partial charge in [-0.3, -0.25) is 14.4 Å². The average Bonchev–Trinajstić information content (AvgIpc) is 3.44. The normalized spacial score (nSPS) is 18.6. The van der Waals surface area contributed by atoms with Crippen LogP contribution in [0.3, 0.4) is 0 Å². The number of carboxylic acid groups (broad SMARTS) is 1. The molecule has 6 atom stereocenters. The number of aliphatic hydroxyl groups is 2. The zero-order valence-electron chi connectivity index (χ0n) is 49.3. The van der Waals surface area contributed by atoms with Crippen molar-refractivity contribution in [2.75, 3.05) is 13.2 Å². The van der Waals surface area contributed by atoms with Crippen LogP contribution in [0.4, 0.5) is 0 Å². The lowest BCUT2D eigenvalue weighted by molar-refractivity contribution is -0.301. The fourth-order valence-corrected chi connectivity index (χ4v) is 8.70. The molecule has 12 heteroatoms. The van der Waals surface area contributed by atoms with Crippen molar-refractivity contribution in [1.29, 1.82) is 0 Å². The molecule has 0 aromatic rings. The molecule has 0 spiro atoms. The number of carbonyl (C=O) groups excluding carboxylic acids is 3. The van der Waals surface area contributed by atoms with E-state index in [1.54, 1.807) is 0 Å². The number of hydrogen-bond acceptors (Lipinski definition) is 11. The van der Waals surface area contributed by atoms with E-state index in [2.05, 4.69) is 112 Å². The number of aliphatic hydroxyl groups excluding tert-OH is 2. The van der Waals surface area contributed by atoms with E-state index in [-0.39, 0.29) is 25.9 Å². The van der Waals surface area contributed by atoms with Gasteiger partial charge in [0, 0.05) is 19.3 Å². The summed E-state index contributed by atoms with van der Waals surface area (Å²) in [6.45, 7) is 5.73. The Hall–Kier alpha value is -4.62. The molecule has 1 aliphatic rings. The summed E-state index contributed by atoms with van der Waals surface area (Å²) in [5, 5.41) is 31.5. The summed E-state index contributed by atoms with van der Waals surface area (Å²) in [6.07, 6.45) is 60.6. The molecule has 0 aliphatic carbocycles. The summed E-state index contributed by atoms with van der Waals surface area (Å²) < 4.78 is 28.4. The van der Waals surface area contributed by atoms with Gasteiger partial charge in [0.2, 0.25) is 0 Å². The molecule has 79 heavy (non-hydrogen) atoms. The van der Waals surface area contributed by atoms with Crippen LogP contribution in [0.15, 0.2) is 109 Å². The first-order valence-corrected chi connectivity index (χ1v) is 30.9. The topological polar surface area (TPSA) is 175 Å². The van der Waals surface area contributed by atoms with Crippen LogP contribution >= 0.6 is 0 Å². The van der Waals surface area contributed by atoms with Crippen LogP contribution in [0, 0.1) is 0 Å². The number of carboxylic acids is 1. The van der Waals surface area contributed by atoms with Gasteiger partial charge in [-0.2, -0.15) is 0 Å². The molecule has 12 nitrogen and oxygen atoms in total. The van der Waals surface area contributed by atoms with Crippen LogP contribution in [-0.2, 0) is 42.9 Å². The van der Waals surface area contributed by atoms with E-state index in [9.17, 15) is 34.5 Å². The van der Waals surface area contributed by atoms with Crippen molar-refractivity contribution in [3.8, 4) is 0 Å². The van der Waals surface area contributed by atoms with Crippen molar-refractivity contribution in [1.82, 2.24) is 0 Å².